The molecule has 0 radical (unpaired) electrons. The molecule has 28 heavy (non-hydrogen) atoms. The molecule has 0 aromatic heterocycles. The number of hydrogen-bond donors (Lipinski definition) is 1. The van der Waals surface area contributed by atoms with Gasteiger partial charge in [-0.3, -0.25) is 0 Å². The van der Waals surface area contributed by atoms with Crippen LogP contribution in [0, 0.1) is 5.82 Å². The van der Waals surface area contributed by atoms with Gasteiger partial charge in [-0.15, -0.1) is 0 Å². The van der Waals surface area contributed by atoms with Crippen molar-refractivity contribution in [2.45, 2.75) is 18.0 Å². The molecule has 0 fully saturated rings. The number of halogens is 1. The van der Waals surface area contributed by atoms with Gasteiger partial charge in [0.2, 0.25) is 10.0 Å². The van der Waals surface area contributed by atoms with Gasteiger partial charge in [0, 0.05) is 13.1 Å². The van der Waals surface area contributed by atoms with Crippen molar-refractivity contribution in [2.24, 2.45) is 0 Å². The first-order valence-electron chi connectivity index (χ1n) is 8.92. The third-order valence-corrected chi connectivity index (χ3v) is 5.74. The molecular formula is C22H23FN2O2S. The van der Waals surface area contributed by atoms with Crippen molar-refractivity contribution in [2.75, 3.05) is 14.1 Å². The zero-order valence-corrected chi connectivity index (χ0v) is 16.7. The van der Waals surface area contributed by atoms with Crippen LogP contribution in [-0.4, -0.2) is 27.4 Å². The first kappa shape index (κ1) is 20.2. The third-order valence-electron chi connectivity index (χ3n) is 4.34. The summed E-state index contributed by atoms with van der Waals surface area (Å²) in [7, 11) is 0.248. The predicted octanol–water partition coefficient (Wildman–Crippen LogP) is 4.03. The van der Waals surface area contributed by atoms with E-state index in [4.69, 9.17) is 0 Å². The first-order chi connectivity index (χ1) is 13.3. The van der Waals surface area contributed by atoms with Crippen LogP contribution in [0.4, 0.5) is 4.39 Å². The van der Waals surface area contributed by atoms with Gasteiger partial charge in [0.05, 0.1) is 4.90 Å². The average Bonchev–Trinajstić information content (AvgIpc) is 2.67. The Hall–Kier alpha value is -2.54. The molecule has 146 valence electrons. The molecule has 0 aliphatic carbocycles. The summed E-state index contributed by atoms with van der Waals surface area (Å²) in [6.07, 6.45) is 0. The molecule has 6 heteroatoms. The van der Waals surface area contributed by atoms with Crippen LogP contribution in [0.25, 0.3) is 11.1 Å². The van der Waals surface area contributed by atoms with Crippen molar-refractivity contribution < 1.29 is 12.8 Å². The van der Waals surface area contributed by atoms with Gasteiger partial charge in [0.15, 0.2) is 0 Å². The molecule has 3 aromatic rings. The van der Waals surface area contributed by atoms with Crippen molar-refractivity contribution >= 4 is 10.0 Å². The van der Waals surface area contributed by atoms with E-state index in [1.807, 2.05) is 50.5 Å². The van der Waals surface area contributed by atoms with Crippen LogP contribution >= 0.6 is 0 Å². The molecule has 3 aromatic carbocycles. The van der Waals surface area contributed by atoms with Crippen LogP contribution in [0.3, 0.4) is 0 Å². The number of rotatable bonds is 7. The molecule has 4 nitrogen and oxygen atoms in total. The lowest BCUT2D eigenvalue weighted by Crippen LogP contribution is -2.23. The molecule has 0 atom stereocenters. The molecule has 1 N–H and O–H groups in total. The summed E-state index contributed by atoms with van der Waals surface area (Å²) in [5.41, 5.74) is 4.03. The van der Waals surface area contributed by atoms with E-state index < -0.39 is 15.8 Å². The zero-order valence-electron chi connectivity index (χ0n) is 15.9. The number of nitrogens with one attached hydrogen (secondary N) is 1. The molecule has 0 amide bonds. The fraction of sp³-hybridized carbons (Fsp3) is 0.182. The summed E-state index contributed by atoms with van der Waals surface area (Å²) in [6.45, 7) is 0.976. The Morgan fingerprint density at radius 2 is 1.64 bits per heavy atom. The second-order valence-electron chi connectivity index (χ2n) is 6.87. The SMILES string of the molecule is CN(C)Cc1ccc(-c2ccccc2CNS(=O)(=O)c2cccc(F)c2)cc1. The van der Waals surface area contributed by atoms with Crippen LogP contribution in [0.1, 0.15) is 11.1 Å². The van der Waals surface area contributed by atoms with Crippen molar-refractivity contribution in [3.05, 3.63) is 89.7 Å². The maximum Gasteiger partial charge on any atom is 0.240 e. The molecule has 0 heterocycles. The van der Waals surface area contributed by atoms with Crippen LogP contribution in [0.5, 0.6) is 0 Å². The normalized spacial score (nSPS) is 11.7. The Kier molecular flexibility index (Phi) is 6.24. The molecule has 0 aliphatic heterocycles. The first-order valence-corrected chi connectivity index (χ1v) is 10.4. The summed E-state index contributed by atoms with van der Waals surface area (Å²) in [6, 6.07) is 20.9. The van der Waals surface area contributed by atoms with Gasteiger partial charge in [0.1, 0.15) is 5.82 Å². The van der Waals surface area contributed by atoms with E-state index in [0.29, 0.717) is 0 Å². The summed E-state index contributed by atoms with van der Waals surface area (Å²) in [5.74, 6) is -0.582. The van der Waals surface area contributed by atoms with Gasteiger partial charge >= 0.3 is 0 Å². The third kappa shape index (κ3) is 5.04. The monoisotopic (exact) mass is 398 g/mol. The van der Waals surface area contributed by atoms with Crippen LogP contribution < -0.4 is 4.72 Å². The average molecular weight is 399 g/mol. The highest BCUT2D eigenvalue weighted by Crippen LogP contribution is 2.25. The fourth-order valence-electron chi connectivity index (χ4n) is 3.00. The van der Waals surface area contributed by atoms with E-state index in [1.54, 1.807) is 0 Å². The van der Waals surface area contributed by atoms with Gasteiger partial charge in [-0.2, -0.15) is 0 Å². The largest absolute Gasteiger partial charge is 0.305 e. The van der Waals surface area contributed by atoms with E-state index in [0.717, 1.165) is 29.3 Å². The predicted molar refractivity (Wildman–Crippen MR) is 110 cm³/mol. The van der Waals surface area contributed by atoms with E-state index in [2.05, 4.69) is 21.8 Å². The van der Waals surface area contributed by atoms with Crippen molar-refractivity contribution in [3.8, 4) is 11.1 Å². The lowest BCUT2D eigenvalue weighted by molar-refractivity contribution is 0.402. The molecule has 0 saturated carbocycles. The maximum absolute atomic E-state index is 13.4. The van der Waals surface area contributed by atoms with Crippen molar-refractivity contribution in [3.63, 3.8) is 0 Å². The molecule has 0 bridgehead atoms. The lowest BCUT2D eigenvalue weighted by Gasteiger charge is -2.13. The molecule has 0 saturated heterocycles. The Labute approximate surface area is 165 Å². The molecule has 0 aliphatic rings. The Morgan fingerprint density at radius 3 is 2.32 bits per heavy atom. The quantitative estimate of drug-likeness (QED) is 0.654. The smallest absolute Gasteiger partial charge is 0.240 e. The number of hydrogen-bond acceptors (Lipinski definition) is 3. The van der Waals surface area contributed by atoms with Gasteiger partial charge in [-0.1, -0.05) is 54.6 Å². The number of nitrogens with zero attached hydrogens (tertiary/aromatic N) is 1. The topological polar surface area (TPSA) is 49.4 Å². The highest BCUT2D eigenvalue weighted by Gasteiger charge is 2.15. The van der Waals surface area contributed by atoms with E-state index in [9.17, 15) is 12.8 Å². The van der Waals surface area contributed by atoms with Crippen LogP contribution in [0.2, 0.25) is 0 Å². The number of benzene rings is 3. The lowest BCUT2D eigenvalue weighted by atomic mass is 9.99. The molecule has 0 unspecified atom stereocenters. The molecular weight excluding hydrogens is 375 g/mol. The van der Waals surface area contributed by atoms with Gasteiger partial charge in [0.25, 0.3) is 0 Å². The molecule has 3 rings (SSSR count). The summed E-state index contributed by atoms with van der Waals surface area (Å²) < 4.78 is 40.9. The fourth-order valence-corrected chi connectivity index (χ4v) is 4.04. The summed E-state index contributed by atoms with van der Waals surface area (Å²) >= 11 is 0. The standard InChI is InChI=1S/C22H23FN2O2S/c1-25(2)16-17-10-12-18(13-11-17)22-9-4-3-6-19(22)15-24-28(26,27)21-8-5-7-20(23)14-21/h3-14,24H,15-16H2,1-2H3. The van der Waals surface area contributed by atoms with E-state index in [-0.39, 0.29) is 11.4 Å². The van der Waals surface area contributed by atoms with Crippen LogP contribution in [0.15, 0.2) is 77.7 Å². The minimum atomic E-state index is -3.80. The van der Waals surface area contributed by atoms with Crippen molar-refractivity contribution in [1.82, 2.24) is 9.62 Å². The second-order valence-corrected chi connectivity index (χ2v) is 8.64. The molecule has 0 spiro atoms. The van der Waals surface area contributed by atoms with Gasteiger partial charge < -0.3 is 4.90 Å². The van der Waals surface area contributed by atoms with Crippen LogP contribution in [-0.2, 0) is 23.1 Å². The Balaban J connectivity index is 1.81. The minimum Gasteiger partial charge on any atom is -0.305 e. The Bertz CT molecular complexity index is 1050. The Morgan fingerprint density at radius 1 is 0.929 bits per heavy atom. The maximum atomic E-state index is 13.4. The van der Waals surface area contributed by atoms with Gasteiger partial charge in [-0.25, -0.2) is 17.5 Å². The highest BCUT2D eigenvalue weighted by molar-refractivity contribution is 7.89. The van der Waals surface area contributed by atoms with E-state index in [1.165, 1.54) is 23.8 Å². The summed E-state index contributed by atoms with van der Waals surface area (Å²) in [4.78, 5) is 2.02. The number of sulfonamides is 1. The highest BCUT2D eigenvalue weighted by atomic mass is 32.2. The zero-order chi connectivity index (χ0) is 20.1. The van der Waals surface area contributed by atoms with Gasteiger partial charge in [-0.05, 0) is 54.5 Å². The van der Waals surface area contributed by atoms with Crippen molar-refractivity contribution in [1.29, 1.82) is 0 Å². The second kappa shape index (κ2) is 8.65. The minimum absolute atomic E-state index is 0.0852. The van der Waals surface area contributed by atoms with E-state index >= 15 is 0 Å². The summed E-state index contributed by atoms with van der Waals surface area (Å²) in [5, 5.41) is 0.